The highest BCUT2D eigenvalue weighted by Gasteiger charge is 2.42. The van der Waals surface area contributed by atoms with E-state index in [0.29, 0.717) is 6.42 Å². The Kier molecular flexibility index (Phi) is 13.7. The van der Waals surface area contributed by atoms with Crippen molar-refractivity contribution in [1.29, 1.82) is 0 Å². The quantitative estimate of drug-likeness (QED) is 0.0489. The third-order valence-corrected chi connectivity index (χ3v) is 7.81. The Morgan fingerprint density at radius 3 is 1.74 bits per heavy atom. The Morgan fingerprint density at radius 2 is 1.28 bits per heavy atom. The van der Waals surface area contributed by atoms with Gasteiger partial charge in [-0.2, -0.15) is 31.8 Å². The number of hydroxylamine groups is 1. The Balaban J connectivity index is 1.89. The number of benzene rings is 2. The smallest absolute Gasteiger partial charge is 0.437 e. The molecule has 2 aromatic carbocycles. The fourth-order valence-electron chi connectivity index (χ4n) is 3.33. The molecule has 0 saturated heterocycles. The zero-order chi connectivity index (χ0) is 32.3. The van der Waals surface area contributed by atoms with Gasteiger partial charge in [0.25, 0.3) is 0 Å². The van der Waals surface area contributed by atoms with E-state index >= 15 is 0 Å². The molecule has 0 spiro atoms. The topological polar surface area (TPSA) is 142 Å². The molecule has 0 bridgehead atoms. The second-order valence-corrected chi connectivity index (χ2v) is 12.5. The van der Waals surface area contributed by atoms with Gasteiger partial charge >= 0.3 is 12.4 Å². The molecule has 1 unspecified atom stereocenters. The van der Waals surface area contributed by atoms with Crippen molar-refractivity contribution in [3.63, 3.8) is 0 Å². The molecule has 0 aliphatic heterocycles. The minimum atomic E-state index is -4.93. The molecule has 2 aromatic rings. The Hall–Kier alpha value is -2.45. The SMILES string of the molecule is CCCS(O)(O)O/N=C(/c1ccc(OCCCOc2ccc(C(NOS(O)(O)CCC)C(F)(F)F)cc2)cc1)C(F)(F)F. The van der Waals surface area contributed by atoms with Crippen LogP contribution in [-0.2, 0) is 8.57 Å². The van der Waals surface area contributed by atoms with Gasteiger partial charge in [-0.05, 0) is 54.8 Å². The number of hydrogen-bond acceptors (Lipinski definition) is 10. The molecule has 0 amide bonds. The third-order valence-electron chi connectivity index (χ3n) is 5.25. The summed E-state index contributed by atoms with van der Waals surface area (Å²) in [6, 6.07) is 7.23. The van der Waals surface area contributed by atoms with Crippen LogP contribution < -0.4 is 15.0 Å². The van der Waals surface area contributed by atoms with Crippen LogP contribution in [0.4, 0.5) is 26.3 Å². The summed E-state index contributed by atoms with van der Waals surface area (Å²) in [4.78, 5) is 0. The van der Waals surface area contributed by atoms with E-state index in [1.807, 2.05) is 0 Å². The van der Waals surface area contributed by atoms with Crippen LogP contribution in [0.3, 0.4) is 0 Å². The molecule has 0 heterocycles. The van der Waals surface area contributed by atoms with Gasteiger partial charge in [0, 0.05) is 17.7 Å². The maximum absolute atomic E-state index is 13.5. The first kappa shape index (κ1) is 36.7. The van der Waals surface area contributed by atoms with Gasteiger partial charge in [-0.3, -0.25) is 13.4 Å². The number of nitrogens with one attached hydrogen (secondary N) is 1. The molecule has 0 aliphatic rings. The van der Waals surface area contributed by atoms with Gasteiger partial charge in [0.05, 0.1) is 19.0 Å². The molecule has 0 saturated carbocycles. The summed E-state index contributed by atoms with van der Waals surface area (Å²) in [5, 5.41) is 2.94. The Bertz CT molecular complexity index is 1150. The summed E-state index contributed by atoms with van der Waals surface area (Å²) >= 11 is 0. The van der Waals surface area contributed by atoms with Crippen LogP contribution in [0.25, 0.3) is 0 Å². The second kappa shape index (κ2) is 16.0. The van der Waals surface area contributed by atoms with Crippen LogP contribution in [0.15, 0.2) is 53.7 Å². The lowest BCUT2D eigenvalue weighted by molar-refractivity contribution is -0.174. The maximum Gasteiger partial charge on any atom is 0.437 e. The summed E-state index contributed by atoms with van der Waals surface area (Å²) in [6.07, 6.45) is -8.86. The summed E-state index contributed by atoms with van der Waals surface area (Å²) < 4.78 is 139. The lowest BCUT2D eigenvalue weighted by Crippen LogP contribution is -2.35. The zero-order valence-electron chi connectivity index (χ0n) is 23.1. The molecule has 1 atom stereocenters. The summed E-state index contributed by atoms with van der Waals surface area (Å²) in [7, 11) is -7.44. The average Bonchev–Trinajstić information content (AvgIpc) is 2.88. The lowest BCUT2D eigenvalue weighted by Gasteiger charge is -2.29. The van der Waals surface area contributed by atoms with Gasteiger partial charge < -0.3 is 18.6 Å². The zero-order valence-corrected chi connectivity index (χ0v) is 24.7. The number of hydrogen-bond donors (Lipinski definition) is 5. The van der Waals surface area contributed by atoms with E-state index in [0.717, 1.165) is 24.3 Å². The van der Waals surface area contributed by atoms with Crippen molar-refractivity contribution < 1.29 is 62.6 Å². The molecule has 0 aliphatic carbocycles. The lowest BCUT2D eigenvalue weighted by atomic mass is 10.1. The molecular formula is C25H34F6N2O8S2. The molecule has 5 N–H and O–H groups in total. The van der Waals surface area contributed by atoms with E-state index in [-0.39, 0.29) is 60.2 Å². The first-order valence-electron chi connectivity index (χ1n) is 12.8. The molecule has 10 nitrogen and oxygen atoms in total. The largest absolute Gasteiger partial charge is 0.493 e. The predicted molar refractivity (Wildman–Crippen MR) is 151 cm³/mol. The van der Waals surface area contributed by atoms with Gasteiger partial charge in [0.2, 0.25) is 0 Å². The average molecular weight is 669 g/mol. The molecule has 246 valence electrons. The number of alkyl halides is 6. The van der Waals surface area contributed by atoms with Crippen molar-refractivity contribution in [3.05, 3.63) is 59.7 Å². The standard InChI is InChI=1S/C25H34F6N2O8S2/c1-3-16-42(34,35)40-32-22(24(26,27)28)18-6-10-20(11-7-18)38-14-5-15-39-21-12-8-19(9-13-21)23(25(29,30)31)33-41-43(36,37)17-4-2/h6-13,22,32,34-37H,3-5,14-17H2,1-2H3/b33-23-. The van der Waals surface area contributed by atoms with Crippen molar-refractivity contribution in [3.8, 4) is 11.5 Å². The number of oxime groups is 1. The van der Waals surface area contributed by atoms with E-state index in [1.165, 1.54) is 24.3 Å². The van der Waals surface area contributed by atoms with Gasteiger partial charge in [-0.15, -0.1) is 0 Å². The van der Waals surface area contributed by atoms with E-state index in [1.54, 1.807) is 19.3 Å². The minimum absolute atomic E-state index is 0.0975. The number of ether oxygens (including phenoxy) is 2. The monoisotopic (exact) mass is 668 g/mol. The molecular weight excluding hydrogens is 634 g/mol. The highest BCUT2D eigenvalue weighted by Crippen LogP contribution is 2.43. The molecule has 0 fully saturated rings. The summed E-state index contributed by atoms with van der Waals surface area (Å²) in [5.41, 5.74) is -0.394. The van der Waals surface area contributed by atoms with Crippen LogP contribution in [0.2, 0.25) is 0 Å². The Labute approximate surface area is 248 Å². The van der Waals surface area contributed by atoms with E-state index in [4.69, 9.17) is 9.47 Å². The Morgan fingerprint density at radius 1 is 0.791 bits per heavy atom. The van der Waals surface area contributed by atoms with Crippen molar-refractivity contribution in [2.45, 2.75) is 51.5 Å². The second-order valence-electron chi connectivity index (χ2n) is 8.95. The maximum atomic E-state index is 13.5. The van der Waals surface area contributed by atoms with Crippen LogP contribution in [-0.4, -0.2) is 61.0 Å². The van der Waals surface area contributed by atoms with E-state index in [2.05, 4.69) is 13.7 Å². The predicted octanol–water partition coefficient (Wildman–Crippen LogP) is 8.09. The number of rotatable bonds is 17. The molecule has 18 heteroatoms. The third kappa shape index (κ3) is 13.0. The fourth-order valence-corrected chi connectivity index (χ4v) is 5.00. The van der Waals surface area contributed by atoms with Crippen LogP contribution in [0, 0.1) is 0 Å². The van der Waals surface area contributed by atoms with Crippen molar-refractivity contribution in [2.24, 2.45) is 5.16 Å². The molecule has 0 radical (unpaired) electrons. The van der Waals surface area contributed by atoms with Crippen molar-refractivity contribution in [1.82, 2.24) is 5.48 Å². The molecule has 43 heavy (non-hydrogen) atoms. The van der Waals surface area contributed by atoms with Crippen LogP contribution in [0.5, 0.6) is 11.5 Å². The van der Waals surface area contributed by atoms with E-state index < -0.39 is 45.8 Å². The number of halogens is 6. The van der Waals surface area contributed by atoms with Crippen LogP contribution in [0.1, 0.15) is 50.3 Å². The molecule has 0 aromatic heterocycles. The summed E-state index contributed by atoms with van der Waals surface area (Å²) in [6.45, 7) is 3.41. The normalized spacial score (nSPS) is 14.7. The minimum Gasteiger partial charge on any atom is -0.493 e. The first-order valence-corrected chi connectivity index (χ1v) is 16.1. The first-order chi connectivity index (χ1) is 20.0. The van der Waals surface area contributed by atoms with E-state index in [9.17, 15) is 44.6 Å². The number of nitrogens with zero attached hydrogens (tertiary/aromatic N) is 1. The van der Waals surface area contributed by atoms with Crippen LogP contribution >= 0.6 is 21.7 Å². The fraction of sp³-hybridized carbons (Fsp3) is 0.480. The van der Waals surface area contributed by atoms with Gasteiger partial charge in [-0.25, -0.2) is 4.28 Å². The van der Waals surface area contributed by atoms with Gasteiger partial charge in [0.1, 0.15) is 22.4 Å². The summed E-state index contributed by atoms with van der Waals surface area (Å²) in [5.74, 6) is -0.0184. The highest BCUT2D eigenvalue weighted by atomic mass is 32.3. The highest BCUT2D eigenvalue weighted by molar-refractivity contribution is 8.20. The molecule has 2 rings (SSSR count). The van der Waals surface area contributed by atoms with Gasteiger partial charge in [-0.1, -0.05) is 31.1 Å². The van der Waals surface area contributed by atoms with Crippen molar-refractivity contribution in [2.75, 3.05) is 24.7 Å². The van der Waals surface area contributed by atoms with Crippen molar-refractivity contribution >= 4 is 27.5 Å². The van der Waals surface area contributed by atoms with Gasteiger partial charge in [0.15, 0.2) is 22.6 Å².